The summed E-state index contributed by atoms with van der Waals surface area (Å²) < 4.78 is 11.1. The third kappa shape index (κ3) is 3.59. The van der Waals surface area contributed by atoms with Crippen LogP contribution in [0.5, 0.6) is 11.5 Å². The number of hydrazine groups is 1. The molecule has 29 heavy (non-hydrogen) atoms. The average molecular weight is 387 g/mol. The first-order valence-electron chi connectivity index (χ1n) is 9.91. The highest BCUT2D eigenvalue weighted by Gasteiger charge is 2.24. The Kier molecular flexibility index (Phi) is 5.55. The lowest BCUT2D eigenvalue weighted by atomic mass is 10.0. The lowest BCUT2D eigenvalue weighted by molar-refractivity contribution is 0.202. The highest BCUT2D eigenvalue weighted by atomic mass is 16.5. The van der Waals surface area contributed by atoms with Crippen LogP contribution >= 0.6 is 0 Å². The van der Waals surface area contributed by atoms with E-state index < -0.39 is 0 Å². The molecule has 0 aromatic heterocycles. The lowest BCUT2D eigenvalue weighted by Gasteiger charge is -2.41. The summed E-state index contributed by atoms with van der Waals surface area (Å²) in [5, 5.41) is 16.3. The number of ether oxygens (including phenoxy) is 2. The molecule has 3 aromatic rings. The van der Waals surface area contributed by atoms with E-state index >= 15 is 0 Å². The highest BCUT2D eigenvalue weighted by Crippen LogP contribution is 2.35. The summed E-state index contributed by atoms with van der Waals surface area (Å²) in [4.78, 5) is 0. The summed E-state index contributed by atoms with van der Waals surface area (Å²) in [7, 11) is 3.35. The smallest absolute Gasteiger partial charge is 0.165 e. The molecule has 0 radical (unpaired) electrons. The monoisotopic (exact) mass is 387 g/mol. The first-order chi connectivity index (χ1) is 14.3. The van der Waals surface area contributed by atoms with E-state index in [9.17, 15) is 5.26 Å². The van der Waals surface area contributed by atoms with Gasteiger partial charge in [0.05, 0.1) is 31.5 Å². The maximum atomic E-state index is 9.49. The van der Waals surface area contributed by atoms with E-state index in [1.807, 2.05) is 36.4 Å². The Hall–Kier alpha value is -3.23. The average Bonchev–Trinajstić information content (AvgIpc) is 2.78. The molecule has 148 valence electrons. The van der Waals surface area contributed by atoms with Crippen LogP contribution in [0.25, 0.3) is 10.8 Å². The summed E-state index contributed by atoms with van der Waals surface area (Å²) in [5.41, 5.74) is 2.94. The van der Waals surface area contributed by atoms with Crippen molar-refractivity contribution >= 4 is 16.5 Å². The van der Waals surface area contributed by atoms with Gasteiger partial charge in [0.15, 0.2) is 11.5 Å². The second kappa shape index (κ2) is 8.42. The van der Waals surface area contributed by atoms with Crippen LogP contribution in [0.15, 0.2) is 54.6 Å². The first-order valence-corrected chi connectivity index (χ1v) is 9.91. The number of benzene rings is 3. The molecule has 5 nitrogen and oxygen atoms in total. The van der Waals surface area contributed by atoms with Crippen molar-refractivity contribution in [3.8, 4) is 17.6 Å². The molecule has 0 spiro atoms. The number of nitriles is 1. The van der Waals surface area contributed by atoms with E-state index in [-0.39, 0.29) is 0 Å². The quantitative estimate of drug-likeness (QED) is 0.632. The van der Waals surface area contributed by atoms with E-state index in [0.717, 1.165) is 66.0 Å². The zero-order valence-corrected chi connectivity index (χ0v) is 16.9. The fourth-order valence-electron chi connectivity index (χ4n) is 4.14. The molecule has 0 N–H and O–H groups in total. The molecule has 1 aliphatic rings. The van der Waals surface area contributed by atoms with Gasteiger partial charge < -0.3 is 14.5 Å². The van der Waals surface area contributed by atoms with Crippen molar-refractivity contribution in [2.24, 2.45) is 0 Å². The molecule has 1 heterocycles. The Morgan fingerprint density at radius 1 is 0.897 bits per heavy atom. The summed E-state index contributed by atoms with van der Waals surface area (Å²) in [6.07, 6.45) is 2.29. The first kappa shape index (κ1) is 19.1. The van der Waals surface area contributed by atoms with E-state index in [0.29, 0.717) is 5.56 Å². The molecular formula is C24H25N3O2. The van der Waals surface area contributed by atoms with Crippen molar-refractivity contribution in [2.75, 3.05) is 32.3 Å². The minimum atomic E-state index is 0.711. The van der Waals surface area contributed by atoms with E-state index in [1.165, 1.54) is 0 Å². The Balaban J connectivity index is 1.73. The van der Waals surface area contributed by atoms with Gasteiger partial charge in [0, 0.05) is 36.0 Å². The third-order valence-electron chi connectivity index (χ3n) is 5.51. The van der Waals surface area contributed by atoms with Crippen molar-refractivity contribution in [3.05, 3.63) is 65.7 Å². The number of anilines is 1. The number of hydrogen-bond acceptors (Lipinski definition) is 5. The van der Waals surface area contributed by atoms with Crippen molar-refractivity contribution in [2.45, 2.75) is 19.4 Å². The van der Waals surface area contributed by atoms with Crippen molar-refractivity contribution in [1.29, 1.82) is 5.26 Å². The lowest BCUT2D eigenvalue weighted by Crippen LogP contribution is -2.47. The fourth-order valence-corrected chi connectivity index (χ4v) is 4.14. The third-order valence-corrected chi connectivity index (χ3v) is 5.51. The van der Waals surface area contributed by atoms with Crippen LogP contribution in [-0.2, 0) is 6.54 Å². The van der Waals surface area contributed by atoms with Gasteiger partial charge in [-0.25, -0.2) is 5.01 Å². The van der Waals surface area contributed by atoms with Gasteiger partial charge in [-0.3, -0.25) is 0 Å². The van der Waals surface area contributed by atoms with Crippen LogP contribution in [0.1, 0.15) is 24.0 Å². The van der Waals surface area contributed by atoms with Gasteiger partial charge in [-0.2, -0.15) is 5.26 Å². The molecule has 1 aliphatic heterocycles. The molecule has 5 heteroatoms. The Labute approximate surface area is 171 Å². The van der Waals surface area contributed by atoms with Crippen LogP contribution in [0.2, 0.25) is 0 Å². The highest BCUT2D eigenvalue weighted by molar-refractivity contribution is 5.97. The fraction of sp³-hybridized carbons (Fsp3) is 0.292. The Morgan fingerprint density at radius 2 is 1.69 bits per heavy atom. The SMILES string of the molecule is COc1cccc(CN2CCCCN2c2ccc(C#N)c3ccccc23)c1OC. The maximum absolute atomic E-state index is 9.49. The molecule has 0 aliphatic carbocycles. The van der Waals surface area contributed by atoms with E-state index in [2.05, 4.69) is 34.3 Å². The van der Waals surface area contributed by atoms with Crippen LogP contribution < -0.4 is 14.5 Å². The molecular weight excluding hydrogens is 362 g/mol. The number of methoxy groups -OCH3 is 2. The zero-order chi connectivity index (χ0) is 20.2. The largest absolute Gasteiger partial charge is 0.493 e. The number of fused-ring (bicyclic) bond motifs is 1. The Morgan fingerprint density at radius 3 is 2.45 bits per heavy atom. The van der Waals surface area contributed by atoms with Gasteiger partial charge in [-0.15, -0.1) is 0 Å². The van der Waals surface area contributed by atoms with Crippen LogP contribution in [0, 0.1) is 11.3 Å². The maximum Gasteiger partial charge on any atom is 0.165 e. The number of para-hydroxylation sites is 1. The summed E-state index contributed by atoms with van der Waals surface area (Å²) in [6, 6.07) is 20.5. The predicted molar refractivity (Wildman–Crippen MR) is 115 cm³/mol. The topological polar surface area (TPSA) is 48.7 Å². The molecule has 1 saturated heterocycles. The van der Waals surface area contributed by atoms with E-state index in [1.54, 1.807) is 14.2 Å². The van der Waals surface area contributed by atoms with E-state index in [4.69, 9.17) is 9.47 Å². The molecule has 1 fully saturated rings. The standard InChI is InChI=1S/C24H25N3O2/c1-28-23-11-7-8-19(24(23)29-2)17-26-14-5-6-15-27(26)22-13-12-18(16-25)20-9-3-4-10-21(20)22/h3-4,7-13H,5-6,14-15,17H2,1-2H3. The van der Waals surface area contributed by atoms with Gasteiger partial charge in [-0.1, -0.05) is 36.4 Å². The molecule has 3 aromatic carbocycles. The molecule has 0 amide bonds. The zero-order valence-electron chi connectivity index (χ0n) is 16.9. The van der Waals surface area contributed by atoms with Crippen molar-refractivity contribution < 1.29 is 9.47 Å². The minimum Gasteiger partial charge on any atom is -0.493 e. The summed E-state index contributed by atoms with van der Waals surface area (Å²) >= 11 is 0. The number of hydrogen-bond donors (Lipinski definition) is 0. The van der Waals surface area contributed by atoms with Crippen LogP contribution in [0.4, 0.5) is 5.69 Å². The second-order valence-electron chi connectivity index (χ2n) is 7.16. The summed E-state index contributed by atoms with van der Waals surface area (Å²) in [5.74, 6) is 1.53. The number of nitrogens with zero attached hydrogens (tertiary/aromatic N) is 3. The van der Waals surface area contributed by atoms with Crippen LogP contribution in [0.3, 0.4) is 0 Å². The second-order valence-corrected chi connectivity index (χ2v) is 7.16. The normalized spacial score (nSPS) is 14.6. The van der Waals surface area contributed by atoms with Gasteiger partial charge in [0.2, 0.25) is 0 Å². The van der Waals surface area contributed by atoms with Gasteiger partial charge in [-0.05, 0) is 31.0 Å². The number of rotatable bonds is 5. The molecule has 0 unspecified atom stereocenters. The predicted octanol–water partition coefficient (Wildman–Crippen LogP) is 4.75. The Bertz CT molecular complexity index is 1060. The molecule has 4 rings (SSSR count). The molecule has 0 atom stereocenters. The van der Waals surface area contributed by atoms with Crippen LogP contribution in [-0.4, -0.2) is 32.3 Å². The van der Waals surface area contributed by atoms with Gasteiger partial charge in [0.1, 0.15) is 0 Å². The van der Waals surface area contributed by atoms with Gasteiger partial charge in [0.25, 0.3) is 0 Å². The molecule has 0 saturated carbocycles. The minimum absolute atomic E-state index is 0.711. The van der Waals surface area contributed by atoms with Gasteiger partial charge >= 0.3 is 0 Å². The van der Waals surface area contributed by atoms with Crippen molar-refractivity contribution in [3.63, 3.8) is 0 Å². The summed E-state index contributed by atoms with van der Waals surface area (Å²) in [6.45, 7) is 2.64. The van der Waals surface area contributed by atoms with Crippen molar-refractivity contribution in [1.82, 2.24) is 5.01 Å². The molecule has 0 bridgehead atoms.